The van der Waals surface area contributed by atoms with Crippen molar-refractivity contribution in [2.75, 3.05) is 0 Å². The van der Waals surface area contributed by atoms with E-state index in [1.165, 1.54) is 7.05 Å². The Hall–Kier alpha value is -1.11. The number of nitrogens with zero attached hydrogens (tertiary/aromatic N) is 4. The smallest absolute Gasteiger partial charge is 0.264 e. The van der Waals surface area contributed by atoms with Crippen LogP contribution < -0.4 is 0 Å². The van der Waals surface area contributed by atoms with Crippen molar-refractivity contribution in [2.45, 2.75) is 19.0 Å². The summed E-state index contributed by atoms with van der Waals surface area (Å²) in [6.07, 6.45) is -4.76. The average Bonchev–Trinajstić information content (AvgIpc) is 2.35. The summed E-state index contributed by atoms with van der Waals surface area (Å²) in [5.41, 5.74) is 0. The molecule has 0 bridgehead atoms. The number of hydrogen-bond acceptors (Lipinski definition) is 4. The van der Waals surface area contributed by atoms with Crippen LogP contribution in [0.3, 0.4) is 0 Å². The van der Waals surface area contributed by atoms with Crippen LogP contribution in [0.4, 0.5) is 8.78 Å². The third-order valence-electron chi connectivity index (χ3n) is 1.23. The van der Waals surface area contributed by atoms with Crippen LogP contribution >= 0.6 is 0 Å². The van der Waals surface area contributed by atoms with Crippen molar-refractivity contribution in [3.05, 3.63) is 5.82 Å². The van der Waals surface area contributed by atoms with Crippen molar-refractivity contribution in [2.24, 2.45) is 7.05 Å². The zero-order valence-electron chi connectivity index (χ0n) is 6.35. The molecule has 0 aliphatic heterocycles. The minimum Gasteiger partial charge on any atom is -0.387 e. The molecule has 0 saturated heterocycles. The minimum atomic E-state index is -2.77. The molecular weight excluding hydrogens is 170 g/mol. The highest BCUT2D eigenvalue weighted by molar-refractivity contribution is 4.81. The van der Waals surface area contributed by atoms with E-state index in [0.717, 1.165) is 4.80 Å². The number of aromatic nitrogens is 4. The predicted molar refractivity (Wildman–Crippen MR) is 34.5 cm³/mol. The van der Waals surface area contributed by atoms with E-state index in [4.69, 9.17) is 5.11 Å². The van der Waals surface area contributed by atoms with Crippen LogP contribution in [0.5, 0.6) is 0 Å². The molecule has 7 heteroatoms. The Kier molecular flexibility index (Phi) is 2.64. The van der Waals surface area contributed by atoms with E-state index in [9.17, 15) is 8.78 Å². The van der Waals surface area contributed by atoms with Crippen LogP contribution in [0, 0.1) is 0 Å². The molecule has 1 aromatic heterocycles. The van der Waals surface area contributed by atoms with Crippen LogP contribution in [0.25, 0.3) is 0 Å². The number of aliphatic hydroxyl groups excluding tert-OH is 1. The quantitative estimate of drug-likeness (QED) is 0.669. The van der Waals surface area contributed by atoms with Crippen molar-refractivity contribution in [1.29, 1.82) is 0 Å². The van der Waals surface area contributed by atoms with Gasteiger partial charge in [0.1, 0.15) is 6.10 Å². The van der Waals surface area contributed by atoms with Crippen molar-refractivity contribution in [3.63, 3.8) is 0 Å². The zero-order chi connectivity index (χ0) is 9.14. The lowest BCUT2D eigenvalue weighted by atomic mass is 10.2. The van der Waals surface area contributed by atoms with Crippen molar-refractivity contribution >= 4 is 0 Å². The molecule has 0 fully saturated rings. The van der Waals surface area contributed by atoms with E-state index >= 15 is 0 Å². The fourth-order valence-electron chi connectivity index (χ4n) is 0.681. The molecule has 0 radical (unpaired) electrons. The standard InChI is InChI=1S/C5H8F2N4O/c1-11-9-4(8-10-11)2-3(12)5(6)7/h3,5,12H,2H2,1H3. The van der Waals surface area contributed by atoms with Crippen molar-refractivity contribution in [1.82, 2.24) is 20.2 Å². The molecule has 12 heavy (non-hydrogen) atoms. The average molecular weight is 178 g/mol. The fraction of sp³-hybridized carbons (Fsp3) is 0.800. The number of tetrazole rings is 1. The highest BCUT2D eigenvalue weighted by Gasteiger charge is 2.19. The largest absolute Gasteiger partial charge is 0.387 e. The second kappa shape index (κ2) is 3.53. The van der Waals surface area contributed by atoms with Gasteiger partial charge in [-0.3, -0.25) is 0 Å². The topological polar surface area (TPSA) is 63.8 Å². The summed E-state index contributed by atoms with van der Waals surface area (Å²) in [7, 11) is 1.52. The summed E-state index contributed by atoms with van der Waals surface area (Å²) < 4.78 is 23.6. The third kappa shape index (κ3) is 2.19. The Morgan fingerprint density at radius 3 is 2.67 bits per heavy atom. The molecule has 1 N–H and O–H groups in total. The van der Waals surface area contributed by atoms with E-state index in [1.807, 2.05) is 0 Å². The number of halogens is 2. The number of rotatable bonds is 3. The van der Waals surface area contributed by atoms with Gasteiger partial charge in [0.15, 0.2) is 5.82 Å². The second-order valence-electron chi connectivity index (χ2n) is 2.30. The van der Waals surface area contributed by atoms with Gasteiger partial charge in [0.2, 0.25) is 0 Å². The highest BCUT2D eigenvalue weighted by atomic mass is 19.3. The number of hydrogen-bond donors (Lipinski definition) is 1. The summed E-state index contributed by atoms with van der Waals surface area (Å²) in [5, 5.41) is 19.2. The van der Waals surface area contributed by atoms with Gasteiger partial charge in [0, 0.05) is 6.42 Å². The molecular formula is C5H8F2N4O. The lowest BCUT2D eigenvalue weighted by Crippen LogP contribution is -2.20. The Morgan fingerprint density at radius 1 is 1.58 bits per heavy atom. The van der Waals surface area contributed by atoms with E-state index in [-0.39, 0.29) is 12.2 Å². The number of aliphatic hydroxyl groups is 1. The predicted octanol–water partition coefficient (Wildman–Crippen LogP) is -0.621. The first-order valence-electron chi connectivity index (χ1n) is 3.28. The lowest BCUT2D eigenvalue weighted by molar-refractivity contribution is -0.00474. The Morgan fingerprint density at radius 2 is 2.25 bits per heavy atom. The van der Waals surface area contributed by atoms with Crippen LogP contribution in [-0.4, -0.2) is 37.8 Å². The maximum Gasteiger partial charge on any atom is 0.264 e. The summed E-state index contributed by atoms with van der Waals surface area (Å²) in [5.74, 6) is 0.116. The monoisotopic (exact) mass is 178 g/mol. The van der Waals surface area contributed by atoms with Gasteiger partial charge in [0.05, 0.1) is 7.05 Å². The molecule has 68 valence electrons. The van der Waals surface area contributed by atoms with Crippen LogP contribution in [0.2, 0.25) is 0 Å². The molecule has 1 aromatic rings. The van der Waals surface area contributed by atoms with E-state index in [2.05, 4.69) is 15.4 Å². The fourth-order valence-corrected chi connectivity index (χ4v) is 0.681. The maximum atomic E-state index is 11.8. The van der Waals surface area contributed by atoms with Gasteiger partial charge in [-0.05, 0) is 5.21 Å². The molecule has 1 heterocycles. The number of aryl methyl sites for hydroxylation is 1. The molecule has 0 aliphatic rings. The molecule has 0 spiro atoms. The van der Waals surface area contributed by atoms with Gasteiger partial charge in [-0.25, -0.2) is 8.78 Å². The van der Waals surface area contributed by atoms with Gasteiger partial charge < -0.3 is 5.11 Å². The molecule has 1 rings (SSSR count). The van der Waals surface area contributed by atoms with Gasteiger partial charge in [0.25, 0.3) is 6.43 Å². The summed E-state index contributed by atoms with van der Waals surface area (Å²) in [6, 6.07) is 0. The second-order valence-corrected chi connectivity index (χ2v) is 2.30. The van der Waals surface area contributed by atoms with Gasteiger partial charge >= 0.3 is 0 Å². The van der Waals surface area contributed by atoms with Gasteiger partial charge in [-0.1, -0.05) is 0 Å². The summed E-state index contributed by atoms with van der Waals surface area (Å²) in [4.78, 5) is 1.15. The Balaban J connectivity index is 2.52. The normalized spacial score (nSPS) is 13.8. The lowest BCUT2D eigenvalue weighted by Gasteiger charge is -2.04. The molecule has 5 nitrogen and oxygen atoms in total. The molecule has 0 amide bonds. The van der Waals surface area contributed by atoms with Crippen LogP contribution in [0.1, 0.15) is 5.82 Å². The first-order valence-corrected chi connectivity index (χ1v) is 3.28. The third-order valence-corrected chi connectivity index (χ3v) is 1.23. The van der Waals surface area contributed by atoms with Crippen LogP contribution in [0.15, 0.2) is 0 Å². The molecule has 0 aliphatic carbocycles. The Labute approximate surface area is 67.0 Å². The zero-order valence-corrected chi connectivity index (χ0v) is 6.35. The molecule has 0 aromatic carbocycles. The number of alkyl halides is 2. The summed E-state index contributed by atoms with van der Waals surface area (Å²) >= 11 is 0. The van der Waals surface area contributed by atoms with Crippen molar-refractivity contribution < 1.29 is 13.9 Å². The van der Waals surface area contributed by atoms with Crippen LogP contribution in [-0.2, 0) is 13.5 Å². The SMILES string of the molecule is Cn1nnc(CC(O)C(F)F)n1. The first-order chi connectivity index (χ1) is 5.59. The molecule has 1 unspecified atom stereocenters. The first kappa shape index (κ1) is 8.98. The molecule has 1 atom stereocenters. The highest BCUT2D eigenvalue weighted by Crippen LogP contribution is 2.04. The van der Waals surface area contributed by atoms with Gasteiger partial charge in [-0.2, -0.15) is 4.80 Å². The minimum absolute atomic E-state index is 0.116. The Bertz CT molecular complexity index is 251. The van der Waals surface area contributed by atoms with E-state index < -0.39 is 12.5 Å². The van der Waals surface area contributed by atoms with E-state index in [1.54, 1.807) is 0 Å². The van der Waals surface area contributed by atoms with Crippen molar-refractivity contribution in [3.8, 4) is 0 Å². The molecule has 0 saturated carbocycles. The summed E-state index contributed by atoms with van der Waals surface area (Å²) in [6.45, 7) is 0. The van der Waals surface area contributed by atoms with Gasteiger partial charge in [-0.15, -0.1) is 10.2 Å². The maximum absolute atomic E-state index is 11.8. The van der Waals surface area contributed by atoms with E-state index in [0.29, 0.717) is 0 Å².